The van der Waals surface area contributed by atoms with Gasteiger partial charge >= 0.3 is 5.97 Å². The highest BCUT2D eigenvalue weighted by Gasteiger charge is 2.57. The van der Waals surface area contributed by atoms with Crippen LogP contribution in [0.4, 0.5) is 0 Å². The van der Waals surface area contributed by atoms with Gasteiger partial charge in [-0.25, -0.2) is 0 Å². The molecule has 0 unspecified atom stereocenters. The number of fused-ring (bicyclic) bond motifs is 1. The van der Waals surface area contributed by atoms with E-state index >= 15 is 0 Å². The minimum atomic E-state index is -0.367. The van der Waals surface area contributed by atoms with Crippen LogP contribution >= 0.6 is 0 Å². The van der Waals surface area contributed by atoms with Gasteiger partial charge < -0.3 is 9.15 Å². The van der Waals surface area contributed by atoms with E-state index in [9.17, 15) is 4.79 Å². The predicted octanol–water partition coefficient (Wildman–Crippen LogP) is 6.54. The van der Waals surface area contributed by atoms with Crippen LogP contribution in [0.5, 0.6) is 0 Å². The third-order valence-electron chi connectivity index (χ3n) is 9.28. The molecule has 1 saturated heterocycles. The monoisotopic (exact) mass is 441 g/mol. The Morgan fingerprint density at radius 2 is 1.94 bits per heavy atom. The molecular formula is C28H43NO3. The highest BCUT2D eigenvalue weighted by Crippen LogP contribution is 2.62. The fourth-order valence-electron chi connectivity index (χ4n) is 7.49. The molecule has 2 saturated carbocycles. The number of likely N-dealkylation sites (tertiary alicyclic amines) is 1. The van der Waals surface area contributed by atoms with Gasteiger partial charge in [-0.1, -0.05) is 38.3 Å². The summed E-state index contributed by atoms with van der Waals surface area (Å²) in [6, 6.07) is 2.18. The Hall–Kier alpha value is -1.55. The molecule has 0 bridgehead atoms. The summed E-state index contributed by atoms with van der Waals surface area (Å²) in [4.78, 5) is 15.4. The maximum Gasteiger partial charge on any atom is 0.311 e. The summed E-state index contributed by atoms with van der Waals surface area (Å²) in [5.74, 6) is 1.95. The summed E-state index contributed by atoms with van der Waals surface area (Å²) < 4.78 is 11.2. The van der Waals surface area contributed by atoms with E-state index in [0.29, 0.717) is 11.8 Å². The minimum absolute atomic E-state index is 0.0192. The molecule has 1 aliphatic heterocycles. The number of rotatable bonds is 6. The number of carbonyl (C=O) groups excluding carboxylic acids is 1. The molecule has 2 aliphatic carbocycles. The number of nitrogens with zero attached hydrogens (tertiary/aromatic N) is 1. The Morgan fingerprint density at radius 3 is 2.66 bits per heavy atom. The lowest BCUT2D eigenvalue weighted by Crippen LogP contribution is -2.53. The van der Waals surface area contributed by atoms with Crippen LogP contribution in [0, 0.1) is 22.7 Å². The Bertz CT molecular complexity index is 805. The molecule has 4 nitrogen and oxygen atoms in total. The van der Waals surface area contributed by atoms with Crippen molar-refractivity contribution in [2.24, 2.45) is 22.7 Å². The molecular weight excluding hydrogens is 398 g/mol. The molecule has 0 spiro atoms. The van der Waals surface area contributed by atoms with Crippen molar-refractivity contribution in [2.45, 2.75) is 91.0 Å². The normalized spacial score (nSPS) is 34.0. The molecule has 3 fully saturated rings. The average Bonchev–Trinajstić information content (AvgIpc) is 3.04. The quantitative estimate of drug-likeness (QED) is 0.371. The van der Waals surface area contributed by atoms with Gasteiger partial charge in [0.1, 0.15) is 5.76 Å². The molecule has 0 amide bonds. The van der Waals surface area contributed by atoms with Crippen LogP contribution in [0.3, 0.4) is 0 Å². The number of aryl methyl sites for hydroxylation is 1. The fraction of sp³-hybridized carbons (Fsp3) is 0.750. The van der Waals surface area contributed by atoms with Crippen molar-refractivity contribution < 1.29 is 13.9 Å². The number of esters is 1. The Morgan fingerprint density at radius 1 is 1.19 bits per heavy atom. The summed E-state index contributed by atoms with van der Waals surface area (Å²) in [7, 11) is 1.55. The molecule has 4 rings (SSSR count). The second kappa shape index (κ2) is 9.75. The lowest BCUT2D eigenvalue weighted by atomic mass is 9.46. The SMILES string of the molecule is C=C1CC[C@H]2[C@](C)(CCC[C@]2(C)C(=O)OC)[C@H]1CCc1ccoc1CN1CCCCCC1. The van der Waals surface area contributed by atoms with Gasteiger partial charge in [-0.2, -0.15) is 0 Å². The smallest absolute Gasteiger partial charge is 0.311 e. The largest absolute Gasteiger partial charge is 0.469 e. The maximum atomic E-state index is 12.8. The number of hydrogen-bond donors (Lipinski definition) is 0. The Kier molecular flexibility index (Phi) is 7.19. The second-order valence-corrected chi connectivity index (χ2v) is 11.2. The molecule has 4 atom stereocenters. The molecule has 1 aromatic rings. The predicted molar refractivity (Wildman–Crippen MR) is 128 cm³/mol. The molecule has 0 N–H and O–H groups in total. The summed E-state index contributed by atoms with van der Waals surface area (Å²) >= 11 is 0. The van der Waals surface area contributed by atoms with Crippen LogP contribution in [0.2, 0.25) is 0 Å². The highest BCUT2D eigenvalue weighted by molar-refractivity contribution is 5.77. The maximum absolute atomic E-state index is 12.8. The van der Waals surface area contributed by atoms with E-state index in [0.717, 1.165) is 50.8 Å². The first-order chi connectivity index (χ1) is 15.4. The van der Waals surface area contributed by atoms with Crippen molar-refractivity contribution in [2.75, 3.05) is 20.2 Å². The fourth-order valence-corrected chi connectivity index (χ4v) is 7.49. The van der Waals surface area contributed by atoms with Crippen LogP contribution in [-0.2, 0) is 22.5 Å². The van der Waals surface area contributed by atoms with E-state index in [2.05, 4.69) is 31.4 Å². The van der Waals surface area contributed by atoms with E-state index in [-0.39, 0.29) is 16.8 Å². The van der Waals surface area contributed by atoms with E-state index in [1.165, 1.54) is 56.3 Å². The number of hydrogen-bond acceptors (Lipinski definition) is 4. The van der Waals surface area contributed by atoms with Crippen molar-refractivity contribution in [3.05, 3.63) is 35.8 Å². The molecule has 3 aliphatic rings. The Balaban J connectivity index is 1.48. The summed E-state index contributed by atoms with van der Waals surface area (Å²) in [6.45, 7) is 12.4. The van der Waals surface area contributed by atoms with Gasteiger partial charge in [-0.3, -0.25) is 9.69 Å². The van der Waals surface area contributed by atoms with Gasteiger partial charge in [0.15, 0.2) is 0 Å². The van der Waals surface area contributed by atoms with Gasteiger partial charge in [0.25, 0.3) is 0 Å². The first-order valence-corrected chi connectivity index (χ1v) is 12.9. The molecule has 0 radical (unpaired) electrons. The van der Waals surface area contributed by atoms with Crippen LogP contribution < -0.4 is 0 Å². The summed E-state index contributed by atoms with van der Waals surface area (Å²) in [5.41, 5.74) is 2.49. The molecule has 32 heavy (non-hydrogen) atoms. The topological polar surface area (TPSA) is 42.7 Å². The zero-order valence-corrected chi connectivity index (χ0v) is 20.6. The molecule has 178 valence electrons. The number of methoxy groups -OCH3 is 1. The van der Waals surface area contributed by atoms with Crippen molar-refractivity contribution in [1.82, 2.24) is 4.90 Å². The second-order valence-electron chi connectivity index (χ2n) is 11.2. The molecule has 0 aromatic carbocycles. The van der Waals surface area contributed by atoms with E-state index in [4.69, 9.17) is 9.15 Å². The summed E-state index contributed by atoms with van der Waals surface area (Å²) in [5, 5.41) is 0. The van der Waals surface area contributed by atoms with Crippen LogP contribution in [0.15, 0.2) is 28.9 Å². The van der Waals surface area contributed by atoms with Crippen LogP contribution in [0.1, 0.15) is 89.4 Å². The Labute approximate surface area is 194 Å². The van der Waals surface area contributed by atoms with Crippen molar-refractivity contribution in [3.8, 4) is 0 Å². The number of carbonyl (C=O) groups is 1. The number of allylic oxidation sites excluding steroid dienone is 1. The van der Waals surface area contributed by atoms with E-state index in [1.54, 1.807) is 7.11 Å². The van der Waals surface area contributed by atoms with Crippen molar-refractivity contribution in [3.63, 3.8) is 0 Å². The third-order valence-corrected chi connectivity index (χ3v) is 9.28. The van der Waals surface area contributed by atoms with Gasteiger partial charge in [0.05, 0.1) is 25.3 Å². The molecule has 1 aromatic heterocycles. The zero-order chi connectivity index (χ0) is 22.8. The summed E-state index contributed by atoms with van der Waals surface area (Å²) in [6.07, 6.45) is 14.6. The van der Waals surface area contributed by atoms with Crippen LogP contribution in [-0.4, -0.2) is 31.1 Å². The van der Waals surface area contributed by atoms with Gasteiger partial charge in [0.2, 0.25) is 0 Å². The molecule has 2 heterocycles. The van der Waals surface area contributed by atoms with E-state index in [1.807, 2.05) is 6.26 Å². The van der Waals surface area contributed by atoms with E-state index < -0.39 is 0 Å². The average molecular weight is 442 g/mol. The van der Waals surface area contributed by atoms with Crippen LogP contribution in [0.25, 0.3) is 0 Å². The third kappa shape index (κ3) is 4.44. The van der Waals surface area contributed by atoms with Gasteiger partial charge in [-0.05, 0) is 100 Å². The van der Waals surface area contributed by atoms with Crippen molar-refractivity contribution in [1.29, 1.82) is 0 Å². The van der Waals surface area contributed by atoms with Gasteiger partial charge in [0, 0.05) is 0 Å². The van der Waals surface area contributed by atoms with Gasteiger partial charge in [-0.15, -0.1) is 0 Å². The lowest BCUT2D eigenvalue weighted by molar-refractivity contribution is -0.168. The standard InChI is InChI=1S/C28H43NO3/c1-21-10-13-25-27(2,15-9-16-28(25,3)26(30)31-4)23(21)12-11-22-14-19-32-24(22)20-29-17-7-5-6-8-18-29/h14,19,23,25H,1,5-13,15-18,20H2,2-4H3/t23-,25-,27+,28-/m0/s1. The highest BCUT2D eigenvalue weighted by atomic mass is 16.5. The first-order valence-electron chi connectivity index (χ1n) is 12.9. The minimum Gasteiger partial charge on any atom is -0.469 e. The number of ether oxygens (including phenoxy) is 1. The first kappa shape index (κ1) is 23.6. The zero-order valence-electron chi connectivity index (χ0n) is 20.6. The number of furan rings is 1. The molecule has 4 heteroatoms. The van der Waals surface area contributed by atoms with Crippen molar-refractivity contribution >= 4 is 5.97 Å². The lowest BCUT2D eigenvalue weighted by Gasteiger charge is -2.57.